The summed E-state index contributed by atoms with van der Waals surface area (Å²) in [7, 11) is 1.68. The number of nitrogens with one attached hydrogen (secondary N) is 1. The standard InChI is InChI=1S/C16H25NO3/c1-16(2,3)14-9-12(18-4)5-6-15(14)20-11-13-10-17-7-8-19-13/h5-6,9,13,17H,7-8,10-11H2,1-4H3. The molecule has 1 atom stereocenters. The van der Waals surface area contributed by atoms with E-state index in [1.54, 1.807) is 7.11 Å². The first-order valence-corrected chi connectivity index (χ1v) is 7.14. The maximum absolute atomic E-state index is 5.98. The van der Waals surface area contributed by atoms with Crippen LogP contribution in [0.2, 0.25) is 0 Å². The van der Waals surface area contributed by atoms with Crippen molar-refractivity contribution in [3.63, 3.8) is 0 Å². The van der Waals surface area contributed by atoms with Crippen LogP contribution >= 0.6 is 0 Å². The van der Waals surface area contributed by atoms with E-state index in [4.69, 9.17) is 14.2 Å². The van der Waals surface area contributed by atoms with E-state index in [1.807, 2.05) is 12.1 Å². The minimum atomic E-state index is 0.00947. The average molecular weight is 279 g/mol. The summed E-state index contributed by atoms with van der Waals surface area (Å²) in [4.78, 5) is 0. The van der Waals surface area contributed by atoms with Crippen molar-refractivity contribution < 1.29 is 14.2 Å². The van der Waals surface area contributed by atoms with Crippen molar-refractivity contribution in [1.29, 1.82) is 0 Å². The van der Waals surface area contributed by atoms with E-state index in [0.29, 0.717) is 6.61 Å². The Bertz CT molecular complexity index is 434. The van der Waals surface area contributed by atoms with Gasteiger partial charge in [0.1, 0.15) is 24.2 Å². The summed E-state index contributed by atoms with van der Waals surface area (Å²) >= 11 is 0. The van der Waals surface area contributed by atoms with Gasteiger partial charge in [0.25, 0.3) is 0 Å². The second-order valence-corrected chi connectivity index (χ2v) is 6.12. The van der Waals surface area contributed by atoms with E-state index in [0.717, 1.165) is 36.8 Å². The number of rotatable bonds is 4. The molecule has 1 aromatic rings. The van der Waals surface area contributed by atoms with Crippen molar-refractivity contribution in [1.82, 2.24) is 5.32 Å². The van der Waals surface area contributed by atoms with Gasteiger partial charge in [-0.05, 0) is 23.6 Å². The highest BCUT2D eigenvalue weighted by molar-refractivity contribution is 5.44. The van der Waals surface area contributed by atoms with Gasteiger partial charge in [0.05, 0.1) is 13.7 Å². The van der Waals surface area contributed by atoms with E-state index in [2.05, 4.69) is 32.2 Å². The van der Waals surface area contributed by atoms with E-state index >= 15 is 0 Å². The van der Waals surface area contributed by atoms with Gasteiger partial charge in [-0.1, -0.05) is 20.8 Å². The number of methoxy groups -OCH3 is 1. The van der Waals surface area contributed by atoms with Crippen LogP contribution < -0.4 is 14.8 Å². The summed E-state index contributed by atoms with van der Waals surface area (Å²) in [6.07, 6.45) is 0.124. The quantitative estimate of drug-likeness (QED) is 0.918. The highest BCUT2D eigenvalue weighted by Crippen LogP contribution is 2.34. The zero-order valence-corrected chi connectivity index (χ0v) is 12.9. The van der Waals surface area contributed by atoms with Gasteiger partial charge in [0.15, 0.2) is 0 Å². The van der Waals surface area contributed by atoms with Crippen LogP contribution in [-0.4, -0.2) is 39.5 Å². The fourth-order valence-electron chi connectivity index (χ4n) is 2.26. The molecule has 0 radical (unpaired) electrons. The Balaban J connectivity index is 2.09. The molecule has 0 aromatic heterocycles. The molecule has 112 valence electrons. The molecule has 0 bridgehead atoms. The van der Waals surface area contributed by atoms with Crippen LogP contribution in [0.3, 0.4) is 0 Å². The van der Waals surface area contributed by atoms with Crippen LogP contribution in [0.15, 0.2) is 18.2 Å². The molecule has 4 heteroatoms. The Morgan fingerprint density at radius 1 is 1.35 bits per heavy atom. The molecule has 1 saturated heterocycles. The Morgan fingerprint density at radius 3 is 2.75 bits per heavy atom. The number of hydrogen-bond acceptors (Lipinski definition) is 4. The highest BCUT2D eigenvalue weighted by atomic mass is 16.5. The van der Waals surface area contributed by atoms with Gasteiger partial charge in [-0.15, -0.1) is 0 Å². The summed E-state index contributed by atoms with van der Waals surface area (Å²) in [5.41, 5.74) is 1.16. The molecule has 1 aromatic carbocycles. The Hall–Kier alpha value is -1.26. The minimum Gasteiger partial charge on any atom is -0.497 e. The molecule has 0 aliphatic carbocycles. The molecule has 1 aliphatic rings. The predicted octanol–water partition coefficient (Wildman–Crippen LogP) is 2.36. The maximum Gasteiger partial charge on any atom is 0.123 e. The van der Waals surface area contributed by atoms with Crippen molar-refractivity contribution in [3.8, 4) is 11.5 Å². The molecule has 4 nitrogen and oxygen atoms in total. The highest BCUT2D eigenvalue weighted by Gasteiger charge is 2.21. The van der Waals surface area contributed by atoms with Crippen molar-refractivity contribution >= 4 is 0 Å². The van der Waals surface area contributed by atoms with Crippen molar-refractivity contribution in [2.75, 3.05) is 33.4 Å². The summed E-state index contributed by atoms with van der Waals surface area (Å²) < 4.78 is 16.9. The Morgan fingerprint density at radius 2 is 2.15 bits per heavy atom. The predicted molar refractivity (Wildman–Crippen MR) is 79.8 cm³/mol. The van der Waals surface area contributed by atoms with E-state index in [1.165, 1.54) is 0 Å². The molecule has 0 spiro atoms. The minimum absolute atomic E-state index is 0.00947. The van der Waals surface area contributed by atoms with Gasteiger partial charge in [0, 0.05) is 18.7 Å². The third-order valence-electron chi connectivity index (χ3n) is 3.42. The molecule has 2 rings (SSSR count). The lowest BCUT2D eigenvalue weighted by Crippen LogP contribution is -2.41. The largest absolute Gasteiger partial charge is 0.497 e. The first kappa shape index (κ1) is 15.1. The van der Waals surface area contributed by atoms with E-state index in [9.17, 15) is 0 Å². The topological polar surface area (TPSA) is 39.7 Å². The molecule has 0 amide bonds. The zero-order chi connectivity index (χ0) is 14.6. The molecule has 1 fully saturated rings. The molecule has 1 aliphatic heterocycles. The maximum atomic E-state index is 5.98. The number of morpholine rings is 1. The van der Waals surface area contributed by atoms with Crippen molar-refractivity contribution in [2.24, 2.45) is 0 Å². The smallest absolute Gasteiger partial charge is 0.123 e. The normalized spacial score (nSPS) is 19.7. The van der Waals surface area contributed by atoms with Crippen LogP contribution in [0.25, 0.3) is 0 Å². The number of hydrogen-bond donors (Lipinski definition) is 1. The molecular formula is C16H25NO3. The third-order valence-corrected chi connectivity index (χ3v) is 3.42. The molecule has 1 N–H and O–H groups in total. The lowest BCUT2D eigenvalue weighted by molar-refractivity contribution is -0.000160. The first-order valence-electron chi connectivity index (χ1n) is 7.14. The molecule has 0 saturated carbocycles. The number of ether oxygens (including phenoxy) is 3. The molecular weight excluding hydrogens is 254 g/mol. The van der Waals surface area contributed by atoms with Gasteiger partial charge in [0.2, 0.25) is 0 Å². The van der Waals surface area contributed by atoms with E-state index in [-0.39, 0.29) is 11.5 Å². The lowest BCUT2D eigenvalue weighted by Gasteiger charge is -2.27. The molecule has 20 heavy (non-hydrogen) atoms. The monoisotopic (exact) mass is 279 g/mol. The van der Waals surface area contributed by atoms with Gasteiger partial charge in [-0.25, -0.2) is 0 Å². The SMILES string of the molecule is COc1ccc(OCC2CNCCO2)c(C(C)(C)C)c1. The van der Waals surface area contributed by atoms with Crippen LogP contribution in [-0.2, 0) is 10.2 Å². The second kappa shape index (κ2) is 6.46. The van der Waals surface area contributed by atoms with Gasteiger partial charge in [-0.3, -0.25) is 0 Å². The first-order chi connectivity index (χ1) is 9.50. The van der Waals surface area contributed by atoms with Crippen LogP contribution in [0.5, 0.6) is 11.5 Å². The summed E-state index contributed by atoms with van der Waals surface area (Å²) in [5.74, 6) is 1.77. The van der Waals surface area contributed by atoms with Crippen LogP contribution in [0, 0.1) is 0 Å². The molecule has 1 unspecified atom stereocenters. The summed E-state index contributed by atoms with van der Waals surface area (Å²) in [6.45, 7) is 9.62. The van der Waals surface area contributed by atoms with Gasteiger partial charge >= 0.3 is 0 Å². The van der Waals surface area contributed by atoms with Crippen molar-refractivity contribution in [3.05, 3.63) is 23.8 Å². The second-order valence-electron chi connectivity index (χ2n) is 6.12. The summed E-state index contributed by atoms with van der Waals surface area (Å²) in [6, 6.07) is 5.97. The van der Waals surface area contributed by atoms with E-state index < -0.39 is 0 Å². The fraction of sp³-hybridized carbons (Fsp3) is 0.625. The lowest BCUT2D eigenvalue weighted by atomic mass is 9.86. The fourth-order valence-corrected chi connectivity index (χ4v) is 2.26. The zero-order valence-electron chi connectivity index (χ0n) is 12.9. The van der Waals surface area contributed by atoms with Crippen LogP contribution in [0.4, 0.5) is 0 Å². The third kappa shape index (κ3) is 3.87. The Kier molecular flexibility index (Phi) is 4.89. The van der Waals surface area contributed by atoms with Gasteiger partial charge in [-0.2, -0.15) is 0 Å². The summed E-state index contributed by atoms with van der Waals surface area (Å²) in [5, 5.41) is 3.31. The van der Waals surface area contributed by atoms with Crippen LogP contribution in [0.1, 0.15) is 26.3 Å². The van der Waals surface area contributed by atoms with Crippen molar-refractivity contribution in [2.45, 2.75) is 32.3 Å². The Labute approximate surface area is 121 Å². The number of benzene rings is 1. The average Bonchev–Trinajstić information content (AvgIpc) is 2.45. The molecule has 1 heterocycles. The van der Waals surface area contributed by atoms with Gasteiger partial charge < -0.3 is 19.5 Å².